The molecule has 0 unspecified atom stereocenters. The van der Waals surface area contributed by atoms with E-state index in [1.54, 1.807) is 0 Å². The molecule has 1 aromatic heterocycles. The molecule has 2 nitrogen and oxygen atoms in total. The van der Waals surface area contributed by atoms with Gasteiger partial charge in [0.05, 0.1) is 5.56 Å². The van der Waals surface area contributed by atoms with Gasteiger partial charge in [0.2, 0.25) is 0 Å². The van der Waals surface area contributed by atoms with Gasteiger partial charge in [-0.1, -0.05) is 0 Å². The number of furan rings is 1. The Hall–Kier alpha value is -0.900. The molecule has 1 rings (SSSR count). The van der Waals surface area contributed by atoms with Crippen LogP contribution in [0.5, 0.6) is 0 Å². The third-order valence-corrected chi connectivity index (χ3v) is 1.50. The number of hydrogen-bond acceptors (Lipinski definition) is 2. The first-order valence-corrected chi connectivity index (χ1v) is 3.48. The normalized spacial score (nSPS) is 10.8. The lowest BCUT2D eigenvalue weighted by molar-refractivity contribution is 0.103. The van der Waals surface area contributed by atoms with Crippen molar-refractivity contribution in [2.75, 3.05) is 0 Å². The fourth-order valence-electron chi connectivity index (χ4n) is 0.848. The van der Waals surface area contributed by atoms with Crippen LogP contribution in [0.4, 0.5) is 8.78 Å². The number of carbonyl (C=O) groups is 1. The van der Waals surface area contributed by atoms with Gasteiger partial charge < -0.3 is 4.42 Å². The molecule has 0 spiro atoms. The van der Waals surface area contributed by atoms with E-state index in [1.165, 1.54) is 13.0 Å². The Kier molecular flexibility index (Phi) is 2.47. The third-order valence-electron chi connectivity index (χ3n) is 1.29. The lowest BCUT2D eigenvalue weighted by Gasteiger charge is -1.94. The Morgan fingerprint density at radius 3 is 2.58 bits per heavy atom. The summed E-state index contributed by atoms with van der Waals surface area (Å²) in [5.41, 5.74) is -0.260. The summed E-state index contributed by atoms with van der Waals surface area (Å²) >= 11 is 5.03. The van der Waals surface area contributed by atoms with Crippen LogP contribution in [0, 0.1) is 6.92 Å². The molecule has 0 aliphatic rings. The van der Waals surface area contributed by atoms with Gasteiger partial charge in [0.15, 0.2) is 5.76 Å². The molecule has 12 heavy (non-hydrogen) atoms. The van der Waals surface area contributed by atoms with Crippen LogP contribution >= 0.6 is 11.6 Å². The van der Waals surface area contributed by atoms with Gasteiger partial charge in [-0.3, -0.25) is 4.79 Å². The molecule has 1 heterocycles. The van der Waals surface area contributed by atoms with Gasteiger partial charge in [-0.2, -0.15) is 0 Å². The van der Waals surface area contributed by atoms with E-state index in [1.807, 2.05) is 0 Å². The molecule has 0 amide bonds. The van der Waals surface area contributed by atoms with Crippen LogP contribution in [0.15, 0.2) is 10.5 Å². The molecule has 0 aromatic carbocycles. The molecule has 1 aromatic rings. The Morgan fingerprint density at radius 1 is 1.67 bits per heavy atom. The van der Waals surface area contributed by atoms with E-state index in [2.05, 4.69) is 4.42 Å². The van der Waals surface area contributed by atoms with Gasteiger partial charge in [-0.05, 0) is 24.6 Å². The van der Waals surface area contributed by atoms with Crippen molar-refractivity contribution >= 4 is 16.8 Å². The molecule has 0 radical (unpaired) electrons. The summed E-state index contributed by atoms with van der Waals surface area (Å²) in [6.07, 6.45) is -2.81. The van der Waals surface area contributed by atoms with Crippen molar-refractivity contribution in [1.82, 2.24) is 0 Å². The lowest BCUT2D eigenvalue weighted by atomic mass is 10.2. The van der Waals surface area contributed by atoms with Crippen LogP contribution in [-0.4, -0.2) is 5.24 Å². The Bertz CT molecular complexity index is 306. The Morgan fingerprint density at radius 2 is 2.25 bits per heavy atom. The summed E-state index contributed by atoms with van der Waals surface area (Å²) < 4.78 is 28.8. The molecule has 0 aliphatic carbocycles. The van der Waals surface area contributed by atoms with Crippen molar-refractivity contribution in [2.24, 2.45) is 0 Å². The second-order valence-electron chi connectivity index (χ2n) is 2.21. The van der Waals surface area contributed by atoms with Crippen LogP contribution in [0.2, 0.25) is 0 Å². The standard InChI is InChI=1S/C7H5ClF2O2/c1-3-2-4(6(8)11)5(12-3)7(9)10/h2,7H,1H3. The van der Waals surface area contributed by atoms with E-state index < -0.39 is 17.4 Å². The number of halogens is 3. The molecule has 0 aliphatic heterocycles. The quantitative estimate of drug-likeness (QED) is 0.678. The minimum absolute atomic E-state index is 0.245. The summed E-state index contributed by atoms with van der Waals surface area (Å²) in [7, 11) is 0. The largest absolute Gasteiger partial charge is 0.459 e. The van der Waals surface area contributed by atoms with E-state index in [4.69, 9.17) is 11.6 Å². The smallest absolute Gasteiger partial charge is 0.296 e. The fourth-order valence-corrected chi connectivity index (χ4v) is 0.996. The predicted molar refractivity (Wildman–Crippen MR) is 38.6 cm³/mol. The van der Waals surface area contributed by atoms with Crippen LogP contribution in [0.25, 0.3) is 0 Å². The van der Waals surface area contributed by atoms with Crippen LogP contribution in [-0.2, 0) is 0 Å². The summed E-state index contributed by atoms with van der Waals surface area (Å²) in [4.78, 5) is 10.6. The zero-order chi connectivity index (χ0) is 9.30. The summed E-state index contributed by atoms with van der Waals surface area (Å²) in [5, 5.41) is -0.929. The highest BCUT2D eigenvalue weighted by Gasteiger charge is 2.22. The summed E-state index contributed by atoms with van der Waals surface area (Å²) in [6, 6.07) is 1.19. The summed E-state index contributed by atoms with van der Waals surface area (Å²) in [5.74, 6) is -0.415. The highest BCUT2D eigenvalue weighted by atomic mass is 35.5. The maximum absolute atomic E-state index is 12.1. The molecule has 0 fully saturated rings. The molecule has 0 N–H and O–H groups in total. The van der Waals surface area contributed by atoms with Crippen LogP contribution in [0.1, 0.15) is 28.3 Å². The first kappa shape index (κ1) is 9.19. The second-order valence-corrected chi connectivity index (χ2v) is 2.55. The third kappa shape index (κ3) is 1.64. The zero-order valence-corrected chi connectivity index (χ0v) is 6.86. The minimum Gasteiger partial charge on any atom is -0.459 e. The molecule has 5 heteroatoms. The lowest BCUT2D eigenvalue weighted by Crippen LogP contribution is -1.92. The number of alkyl halides is 2. The average Bonchev–Trinajstić information content (AvgIpc) is 2.31. The number of hydrogen-bond donors (Lipinski definition) is 0. The van der Waals surface area contributed by atoms with Crippen LogP contribution < -0.4 is 0 Å². The second kappa shape index (κ2) is 3.23. The van der Waals surface area contributed by atoms with Crippen molar-refractivity contribution in [2.45, 2.75) is 13.3 Å². The van der Waals surface area contributed by atoms with Gasteiger partial charge in [0.25, 0.3) is 11.7 Å². The van der Waals surface area contributed by atoms with Gasteiger partial charge in [0.1, 0.15) is 5.76 Å². The van der Waals surface area contributed by atoms with Crippen LogP contribution in [0.3, 0.4) is 0 Å². The maximum atomic E-state index is 12.1. The zero-order valence-electron chi connectivity index (χ0n) is 6.11. The van der Waals surface area contributed by atoms with Crippen molar-refractivity contribution in [1.29, 1.82) is 0 Å². The Labute approximate surface area is 72.1 Å². The topological polar surface area (TPSA) is 30.2 Å². The first-order chi connectivity index (χ1) is 5.52. The average molecular weight is 195 g/mol. The van der Waals surface area contributed by atoms with E-state index in [0.717, 1.165) is 0 Å². The maximum Gasteiger partial charge on any atom is 0.296 e. The van der Waals surface area contributed by atoms with Crippen molar-refractivity contribution in [3.05, 3.63) is 23.2 Å². The van der Waals surface area contributed by atoms with E-state index in [9.17, 15) is 13.6 Å². The molecule has 66 valence electrons. The number of carbonyl (C=O) groups excluding carboxylic acids is 1. The van der Waals surface area contributed by atoms with E-state index >= 15 is 0 Å². The van der Waals surface area contributed by atoms with E-state index in [0.29, 0.717) is 0 Å². The molecule has 0 saturated carbocycles. The fraction of sp³-hybridized carbons (Fsp3) is 0.286. The van der Waals surface area contributed by atoms with Gasteiger partial charge >= 0.3 is 0 Å². The molecular weight excluding hydrogens is 190 g/mol. The molecule has 0 saturated heterocycles. The van der Waals surface area contributed by atoms with Gasteiger partial charge in [-0.25, -0.2) is 8.78 Å². The van der Waals surface area contributed by atoms with Crippen molar-refractivity contribution in [3.63, 3.8) is 0 Å². The van der Waals surface area contributed by atoms with E-state index in [-0.39, 0.29) is 11.3 Å². The van der Waals surface area contributed by atoms with Gasteiger partial charge in [-0.15, -0.1) is 0 Å². The monoisotopic (exact) mass is 194 g/mol. The minimum atomic E-state index is -2.81. The number of aryl methyl sites for hydroxylation is 1. The Balaban J connectivity index is 3.17. The highest BCUT2D eigenvalue weighted by Crippen LogP contribution is 2.26. The van der Waals surface area contributed by atoms with Crippen molar-refractivity contribution < 1.29 is 18.0 Å². The molecular formula is C7H5ClF2O2. The SMILES string of the molecule is Cc1cc(C(=O)Cl)c(C(F)F)o1. The molecule has 0 atom stereocenters. The van der Waals surface area contributed by atoms with Crippen molar-refractivity contribution in [3.8, 4) is 0 Å². The van der Waals surface area contributed by atoms with Gasteiger partial charge in [0, 0.05) is 0 Å². The summed E-state index contributed by atoms with van der Waals surface area (Å²) in [6.45, 7) is 1.47. The number of rotatable bonds is 2. The predicted octanol–water partition coefficient (Wildman–Crippen LogP) is 2.90. The molecule has 0 bridgehead atoms. The highest BCUT2D eigenvalue weighted by molar-refractivity contribution is 6.67. The first-order valence-electron chi connectivity index (χ1n) is 3.10.